The van der Waals surface area contributed by atoms with Crippen LogP contribution in [0.4, 0.5) is 9.18 Å². The molecule has 0 aliphatic heterocycles. The molecule has 0 unspecified atom stereocenters. The molecule has 0 aromatic heterocycles. The number of benzene rings is 1. The summed E-state index contributed by atoms with van der Waals surface area (Å²) in [4.78, 5) is 24.7. The van der Waals surface area contributed by atoms with Crippen LogP contribution in [-0.4, -0.2) is 47.2 Å². The summed E-state index contributed by atoms with van der Waals surface area (Å²) in [5.41, 5.74) is 1.52. The monoisotopic (exact) mass is 363 g/mol. The summed E-state index contributed by atoms with van der Waals surface area (Å²) in [6, 6.07) is 5.16. The second-order valence-corrected chi connectivity index (χ2v) is 7.23. The number of aliphatic carboxylic acids is 1. The van der Waals surface area contributed by atoms with E-state index < -0.39 is 5.97 Å². The number of urea groups is 1. The first-order chi connectivity index (χ1) is 12.5. The van der Waals surface area contributed by atoms with Crippen molar-refractivity contribution in [1.29, 1.82) is 0 Å². The Morgan fingerprint density at radius 2 is 2.04 bits per heavy atom. The lowest BCUT2D eigenvalue weighted by molar-refractivity contribution is -0.139. The molecule has 142 valence electrons. The fourth-order valence-electron chi connectivity index (χ4n) is 3.47. The Morgan fingerprint density at radius 1 is 1.31 bits per heavy atom. The van der Waals surface area contributed by atoms with Crippen LogP contribution in [0.25, 0.3) is 0 Å². The van der Waals surface area contributed by atoms with E-state index in [0.717, 1.165) is 31.2 Å². The SMILES string of the molecule is CCN(CC(=O)O)C1CC(NC(=O)NCc2ccc(C3CC3)cc2F)C1. The van der Waals surface area contributed by atoms with Crippen LogP contribution in [0.15, 0.2) is 18.2 Å². The average molecular weight is 363 g/mol. The maximum Gasteiger partial charge on any atom is 0.317 e. The van der Waals surface area contributed by atoms with Crippen LogP contribution in [0, 0.1) is 5.82 Å². The van der Waals surface area contributed by atoms with E-state index in [1.54, 1.807) is 12.1 Å². The Bertz CT molecular complexity index is 672. The van der Waals surface area contributed by atoms with Crippen LogP contribution >= 0.6 is 0 Å². The summed E-state index contributed by atoms with van der Waals surface area (Å²) in [6.07, 6.45) is 3.73. The van der Waals surface area contributed by atoms with E-state index in [9.17, 15) is 14.0 Å². The van der Waals surface area contributed by atoms with Crippen molar-refractivity contribution >= 4 is 12.0 Å². The van der Waals surface area contributed by atoms with Crippen molar-refractivity contribution in [2.24, 2.45) is 0 Å². The minimum Gasteiger partial charge on any atom is -0.480 e. The van der Waals surface area contributed by atoms with Crippen LogP contribution in [0.2, 0.25) is 0 Å². The van der Waals surface area contributed by atoms with Gasteiger partial charge in [-0.15, -0.1) is 0 Å². The number of likely N-dealkylation sites (N-methyl/N-ethyl adjacent to an activating group) is 1. The molecule has 26 heavy (non-hydrogen) atoms. The summed E-state index contributed by atoms with van der Waals surface area (Å²) in [7, 11) is 0. The second kappa shape index (κ2) is 8.03. The number of hydrogen-bond donors (Lipinski definition) is 3. The molecule has 0 radical (unpaired) electrons. The Balaban J connectivity index is 1.39. The van der Waals surface area contributed by atoms with E-state index in [0.29, 0.717) is 18.0 Å². The minimum atomic E-state index is -0.837. The Morgan fingerprint density at radius 3 is 2.62 bits per heavy atom. The number of rotatable bonds is 8. The van der Waals surface area contributed by atoms with E-state index in [1.165, 1.54) is 0 Å². The number of hydrogen-bond acceptors (Lipinski definition) is 3. The zero-order valence-corrected chi connectivity index (χ0v) is 15.0. The number of carbonyl (C=O) groups is 2. The summed E-state index contributed by atoms with van der Waals surface area (Å²) >= 11 is 0. The van der Waals surface area contributed by atoms with Crippen LogP contribution in [0.3, 0.4) is 0 Å². The van der Waals surface area contributed by atoms with Gasteiger partial charge in [0, 0.05) is 24.2 Å². The van der Waals surface area contributed by atoms with E-state index in [1.807, 2.05) is 17.9 Å². The van der Waals surface area contributed by atoms with Crippen molar-refractivity contribution in [2.45, 2.75) is 57.2 Å². The van der Waals surface area contributed by atoms with E-state index in [2.05, 4.69) is 10.6 Å². The van der Waals surface area contributed by atoms with Crippen molar-refractivity contribution in [3.63, 3.8) is 0 Å². The fraction of sp³-hybridized carbons (Fsp3) is 0.579. The average Bonchev–Trinajstić information content (AvgIpc) is 3.39. The molecule has 0 atom stereocenters. The van der Waals surface area contributed by atoms with Crippen molar-refractivity contribution in [1.82, 2.24) is 15.5 Å². The van der Waals surface area contributed by atoms with E-state index in [4.69, 9.17) is 5.11 Å². The molecule has 6 nitrogen and oxygen atoms in total. The summed E-state index contributed by atoms with van der Waals surface area (Å²) in [5.74, 6) is -0.605. The first kappa shape index (κ1) is 18.6. The molecule has 2 fully saturated rings. The lowest BCUT2D eigenvalue weighted by Crippen LogP contribution is -2.56. The van der Waals surface area contributed by atoms with Gasteiger partial charge < -0.3 is 15.7 Å². The molecule has 1 aromatic rings. The molecule has 0 heterocycles. The van der Waals surface area contributed by atoms with E-state index in [-0.39, 0.29) is 37.0 Å². The van der Waals surface area contributed by atoms with Gasteiger partial charge in [0.05, 0.1) is 6.54 Å². The van der Waals surface area contributed by atoms with Crippen molar-refractivity contribution in [3.8, 4) is 0 Å². The Hall–Kier alpha value is -2.15. The zero-order valence-electron chi connectivity index (χ0n) is 15.0. The fourth-order valence-corrected chi connectivity index (χ4v) is 3.47. The van der Waals surface area contributed by atoms with Gasteiger partial charge >= 0.3 is 12.0 Å². The first-order valence-corrected chi connectivity index (χ1v) is 9.24. The largest absolute Gasteiger partial charge is 0.480 e. The van der Waals surface area contributed by atoms with Crippen molar-refractivity contribution in [2.75, 3.05) is 13.1 Å². The van der Waals surface area contributed by atoms with Crippen LogP contribution < -0.4 is 10.6 Å². The predicted octanol–water partition coefficient (Wildman–Crippen LogP) is 2.44. The lowest BCUT2D eigenvalue weighted by atomic mass is 9.85. The maximum absolute atomic E-state index is 14.1. The topological polar surface area (TPSA) is 81.7 Å². The lowest BCUT2D eigenvalue weighted by Gasteiger charge is -2.42. The zero-order chi connectivity index (χ0) is 18.7. The highest BCUT2D eigenvalue weighted by atomic mass is 19.1. The number of carboxylic acid groups (broad SMARTS) is 1. The molecule has 1 aromatic carbocycles. The molecule has 3 rings (SSSR count). The number of carbonyl (C=O) groups excluding carboxylic acids is 1. The Labute approximate surface area is 152 Å². The standard InChI is InChI=1S/C19H26FN3O3/c1-2-23(11-18(24)25)16-8-15(9-16)22-19(26)21-10-14-6-5-13(7-17(14)20)12-3-4-12/h5-7,12,15-16H,2-4,8-11H2,1H3,(H,24,25)(H2,21,22,26). The van der Waals surface area contributed by atoms with Gasteiger partial charge in [-0.3, -0.25) is 9.69 Å². The van der Waals surface area contributed by atoms with Gasteiger partial charge in [-0.25, -0.2) is 9.18 Å². The van der Waals surface area contributed by atoms with Crippen molar-refractivity contribution < 1.29 is 19.1 Å². The Kier molecular flexibility index (Phi) is 5.76. The van der Waals surface area contributed by atoms with Gasteiger partial charge in [0.15, 0.2) is 0 Å². The molecule has 0 saturated heterocycles. The molecule has 2 saturated carbocycles. The third-order valence-corrected chi connectivity index (χ3v) is 5.27. The molecule has 0 bridgehead atoms. The van der Waals surface area contributed by atoms with Crippen LogP contribution in [0.1, 0.15) is 49.7 Å². The molecule has 2 aliphatic rings. The quantitative estimate of drug-likeness (QED) is 0.663. The summed E-state index contributed by atoms with van der Waals surface area (Å²) < 4.78 is 14.1. The van der Waals surface area contributed by atoms with Gasteiger partial charge in [0.1, 0.15) is 5.82 Å². The van der Waals surface area contributed by atoms with Gasteiger partial charge in [-0.1, -0.05) is 19.1 Å². The molecule has 2 amide bonds. The van der Waals surface area contributed by atoms with Crippen LogP contribution in [-0.2, 0) is 11.3 Å². The molecular formula is C19H26FN3O3. The van der Waals surface area contributed by atoms with Gasteiger partial charge in [0.25, 0.3) is 0 Å². The number of nitrogens with one attached hydrogen (secondary N) is 2. The highest BCUT2D eigenvalue weighted by Gasteiger charge is 2.34. The van der Waals surface area contributed by atoms with E-state index >= 15 is 0 Å². The third-order valence-electron chi connectivity index (χ3n) is 5.27. The highest BCUT2D eigenvalue weighted by Crippen LogP contribution is 2.40. The number of nitrogens with zero attached hydrogens (tertiary/aromatic N) is 1. The molecule has 3 N–H and O–H groups in total. The molecule has 0 spiro atoms. The maximum atomic E-state index is 14.1. The smallest absolute Gasteiger partial charge is 0.317 e. The van der Waals surface area contributed by atoms with Gasteiger partial charge in [-0.2, -0.15) is 0 Å². The molecule has 2 aliphatic carbocycles. The molecule has 7 heteroatoms. The molecular weight excluding hydrogens is 337 g/mol. The summed E-state index contributed by atoms with van der Waals surface area (Å²) in [5, 5.41) is 14.5. The summed E-state index contributed by atoms with van der Waals surface area (Å²) in [6.45, 7) is 2.78. The van der Waals surface area contributed by atoms with Gasteiger partial charge in [0.2, 0.25) is 0 Å². The van der Waals surface area contributed by atoms with Crippen molar-refractivity contribution in [3.05, 3.63) is 35.1 Å². The van der Waals surface area contributed by atoms with Gasteiger partial charge in [-0.05, 0) is 49.8 Å². The minimum absolute atomic E-state index is 0.0240. The highest BCUT2D eigenvalue weighted by molar-refractivity contribution is 5.74. The number of halogens is 1. The second-order valence-electron chi connectivity index (χ2n) is 7.23. The number of amides is 2. The number of carboxylic acids is 1. The normalized spacial score (nSPS) is 22.0. The predicted molar refractivity (Wildman–Crippen MR) is 95.4 cm³/mol. The van der Waals surface area contributed by atoms with Crippen LogP contribution in [0.5, 0.6) is 0 Å². The third kappa shape index (κ3) is 4.72. The first-order valence-electron chi connectivity index (χ1n) is 9.24.